The van der Waals surface area contributed by atoms with E-state index in [4.69, 9.17) is 18.9 Å². The number of aliphatic hydroxyl groups is 1. The number of para-hydroxylation sites is 1. The van der Waals surface area contributed by atoms with E-state index in [2.05, 4.69) is 16.0 Å². The topological polar surface area (TPSA) is 151 Å². The van der Waals surface area contributed by atoms with Gasteiger partial charge in [0.05, 0.1) is 30.4 Å². The van der Waals surface area contributed by atoms with E-state index < -0.39 is 18.2 Å². The molecule has 0 radical (unpaired) electrons. The van der Waals surface area contributed by atoms with E-state index in [0.717, 1.165) is 19.3 Å². The molecule has 0 aromatic heterocycles. The Hall–Kier alpha value is -5.01. The first-order valence-corrected chi connectivity index (χ1v) is 17.0. The molecule has 2 aliphatic heterocycles. The molecule has 3 aromatic rings. The Morgan fingerprint density at radius 3 is 2.36 bits per heavy atom. The number of benzene rings is 3. The molecule has 50 heavy (non-hydrogen) atoms. The van der Waals surface area contributed by atoms with Crippen LogP contribution in [0.5, 0.6) is 17.2 Å². The van der Waals surface area contributed by atoms with E-state index in [1.807, 2.05) is 44.2 Å². The van der Waals surface area contributed by atoms with Gasteiger partial charge in [0.25, 0.3) is 5.91 Å². The van der Waals surface area contributed by atoms with Gasteiger partial charge in [0, 0.05) is 55.8 Å². The van der Waals surface area contributed by atoms with E-state index in [1.165, 1.54) is 0 Å². The van der Waals surface area contributed by atoms with Gasteiger partial charge in [0.2, 0.25) is 6.79 Å². The smallest absolute Gasteiger partial charge is 0.323 e. The molecular weight excluding hydrogens is 642 g/mol. The summed E-state index contributed by atoms with van der Waals surface area (Å²) in [5, 5.41) is 18.7. The molecule has 268 valence electrons. The zero-order valence-corrected chi connectivity index (χ0v) is 29.0. The molecule has 0 bridgehead atoms. The summed E-state index contributed by atoms with van der Waals surface area (Å²) in [4.78, 5) is 43.6. The van der Waals surface area contributed by atoms with Crippen LogP contribution in [0.15, 0.2) is 66.7 Å². The minimum absolute atomic E-state index is 0.121. The van der Waals surface area contributed by atoms with E-state index in [-0.39, 0.29) is 56.0 Å². The summed E-state index contributed by atoms with van der Waals surface area (Å²) in [5.74, 6) is 0.929. The lowest BCUT2D eigenvalue weighted by Crippen LogP contribution is -2.48. The van der Waals surface area contributed by atoms with Crippen molar-refractivity contribution in [3.05, 3.63) is 72.3 Å². The van der Waals surface area contributed by atoms with E-state index >= 15 is 0 Å². The van der Waals surface area contributed by atoms with Crippen LogP contribution in [0.4, 0.5) is 26.7 Å². The lowest BCUT2D eigenvalue weighted by molar-refractivity contribution is -0.0115. The predicted octanol–water partition coefficient (Wildman–Crippen LogP) is 6.02. The number of hydrogen-bond donors (Lipinski definition) is 4. The van der Waals surface area contributed by atoms with Crippen LogP contribution in [-0.2, 0) is 4.74 Å². The third kappa shape index (κ3) is 9.57. The number of ether oxygens (including phenoxy) is 4. The second-order valence-corrected chi connectivity index (χ2v) is 12.8. The minimum atomic E-state index is -0.547. The maximum atomic E-state index is 14.4. The van der Waals surface area contributed by atoms with Crippen LogP contribution in [0.25, 0.3) is 0 Å². The van der Waals surface area contributed by atoms with Crippen LogP contribution < -0.4 is 30.2 Å². The summed E-state index contributed by atoms with van der Waals surface area (Å²) in [7, 11) is 1.71. The van der Waals surface area contributed by atoms with Crippen molar-refractivity contribution in [2.75, 3.05) is 56.1 Å². The largest absolute Gasteiger partial charge is 0.490 e. The SMILES string of the molecule is C[C@H]1CCCCO[C@H](CN(C)C(=O)Nc2ccccc2)[C@@H](C)CN([C@@H](C)CO)C(=O)c2cc(NC(=O)Nc3ccc4c(c3)OCO4)ccc2O1. The zero-order chi connectivity index (χ0) is 35.6. The first kappa shape index (κ1) is 36.3. The van der Waals surface area contributed by atoms with Crippen LogP contribution in [-0.4, -0.2) is 91.3 Å². The highest BCUT2D eigenvalue weighted by molar-refractivity contribution is 6.02. The number of hydrogen-bond acceptors (Lipinski definition) is 8. The van der Waals surface area contributed by atoms with Crippen molar-refractivity contribution in [2.24, 2.45) is 5.92 Å². The second kappa shape index (κ2) is 17.1. The number of urea groups is 2. The first-order chi connectivity index (χ1) is 24.1. The lowest BCUT2D eigenvalue weighted by atomic mass is 10.0. The molecule has 4 N–H and O–H groups in total. The normalized spacial score (nSPS) is 20.1. The van der Waals surface area contributed by atoms with Gasteiger partial charge < -0.3 is 49.8 Å². The number of nitrogens with one attached hydrogen (secondary N) is 3. The van der Waals surface area contributed by atoms with Crippen molar-refractivity contribution in [3.63, 3.8) is 0 Å². The summed E-state index contributed by atoms with van der Waals surface area (Å²) in [6, 6.07) is 17.9. The van der Waals surface area contributed by atoms with E-state index in [1.54, 1.807) is 60.2 Å². The number of amides is 5. The number of aliphatic hydroxyl groups excluding tert-OH is 1. The predicted molar refractivity (Wildman–Crippen MR) is 190 cm³/mol. The van der Waals surface area contributed by atoms with Crippen molar-refractivity contribution in [1.82, 2.24) is 9.80 Å². The summed E-state index contributed by atoms with van der Waals surface area (Å²) >= 11 is 0. The van der Waals surface area contributed by atoms with Gasteiger partial charge in [-0.15, -0.1) is 0 Å². The number of carbonyl (C=O) groups excluding carboxylic acids is 3. The molecular formula is C37H47N5O8. The molecule has 5 rings (SSSR count). The molecule has 3 aromatic carbocycles. The van der Waals surface area contributed by atoms with Crippen molar-refractivity contribution in [1.29, 1.82) is 0 Å². The number of anilines is 3. The standard InChI is InChI=1S/C37H47N5O8/c1-24-20-42(25(2)22-43)35(44)30-18-28(38-36(45)39-29-14-16-32-33(19-29)49-23-48-32)13-15-31(30)50-26(3)10-8-9-17-47-34(24)21-41(4)37(46)40-27-11-6-5-7-12-27/h5-7,11-16,18-19,24-26,34,43H,8-10,17,20-23H2,1-4H3,(H,40,46)(H2,38,39,45)/t24-,25-,26-,34+/m0/s1. The third-order valence-corrected chi connectivity index (χ3v) is 8.77. The van der Waals surface area contributed by atoms with E-state index in [0.29, 0.717) is 40.9 Å². The Labute approximate surface area is 292 Å². The average Bonchev–Trinajstić information content (AvgIpc) is 3.58. The fourth-order valence-electron chi connectivity index (χ4n) is 5.82. The van der Waals surface area contributed by atoms with Crippen molar-refractivity contribution in [3.8, 4) is 17.2 Å². The Bertz CT molecular complexity index is 1620. The molecule has 13 heteroatoms. The van der Waals surface area contributed by atoms with Gasteiger partial charge in [0.15, 0.2) is 11.5 Å². The van der Waals surface area contributed by atoms with Crippen LogP contribution in [0.3, 0.4) is 0 Å². The maximum absolute atomic E-state index is 14.4. The van der Waals surface area contributed by atoms with Gasteiger partial charge in [0.1, 0.15) is 5.75 Å². The Kier molecular flexibility index (Phi) is 12.4. The molecule has 0 aliphatic carbocycles. The zero-order valence-electron chi connectivity index (χ0n) is 29.0. The number of likely N-dealkylation sites (N-methyl/N-ethyl adjacent to an activating group) is 1. The Morgan fingerprint density at radius 1 is 0.920 bits per heavy atom. The van der Waals surface area contributed by atoms with Crippen LogP contribution in [0, 0.1) is 5.92 Å². The fourth-order valence-corrected chi connectivity index (χ4v) is 5.82. The Balaban J connectivity index is 1.36. The molecule has 5 amide bonds. The fraction of sp³-hybridized carbons (Fsp3) is 0.432. The summed E-state index contributed by atoms with van der Waals surface area (Å²) in [6.07, 6.45) is 1.76. The van der Waals surface area contributed by atoms with Crippen molar-refractivity contribution < 1.29 is 38.4 Å². The van der Waals surface area contributed by atoms with Gasteiger partial charge in [-0.1, -0.05) is 25.1 Å². The van der Waals surface area contributed by atoms with Gasteiger partial charge in [-0.3, -0.25) is 4.79 Å². The number of rotatable bonds is 7. The van der Waals surface area contributed by atoms with Gasteiger partial charge in [-0.25, -0.2) is 9.59 Å². The van der Waals surface area contributed by atoms with Gasteiger partial charge in [-0.2, -0.15) is 0 Å². The second-order valence-electron chi connectivity index (χ2n) is 12.8. The van der Waals surface area contributed by atoms with Crippen molar-refractivity contribution >= 4 is 35.0 Å². The molecule has 4 atom stereocenters. The molecule has 2 heterocycles. The molecule has 0 saturated heterocycles. The molecule has 0 fully saturated rings. The van der Waals surface area contributed by atoms with Crippen LogP contribution in [0.2, 0.25) is 0 Å². The summed E-state index contributed by atoms with van der Waals surface area (Å²) in [5.41, 5.74) is 1.83. The highest BCUT2D eigenvalue weighted by atomic mass is 16.7. The number of fused-ring (bicyclic) bond motifs is 2. The highest BCUT2D eigenvalue weighted by Crippen LogP contribution is 2.34. The van der Waals surface area contributed by atoms with Gasteiger partial charge in [-0.05, 0) is 75.6 Å². The van der Waals surface area contributed by atoms with Crippen LogP contribution in [0.1, 0.15) is 50.4 Å². The average molecular weight is 690 g/mol. The van der Waals surface area contributed by atoms with Crippen molar-refractivity contribution in [2.45, 2.75) is 58.3 Å². The number of carbonyl (C=O) groups is 3. The number of nitrogens with zero attached hydrogens (tertiary/aromatic N) is 2. The van der Waals surface area contributed by atoms with E-state index in [9.17, 15) is 19.5 Å². The molecule has 13 nitrogen and oxygen atoms in total. The molecule has 0 saturated carbocycles. The quantitative estimate of drug-likeness (QED) is 0.235. The lowest BCUT2D eigenvalue weighted by Gasteiger charge is -2.35. The van der Waals surface area contributed by atoms with Crippen LogP contribution >= 0.6 is 0 Å². The molecule has 0 spiro atoms. The summed E-state index contributed by atoms with van der Waals surface area (Å²) in [6.45, 7) is 6.55. The Morgan fingerprint density at radius 2 is 1.62 bits per heavy atom. The highest BCUT2D eigenvalue weighted by Gasteiger charge is 2.31. The molecule has 2 aliphatic rings. The minimum Gasteiger partial charge on any atom is -0.490 e. The van der Waals surface area contributed by atoms with Gasteiger partial charge >= 0.3 is 12.1 Å². The summed E-state index contributed by atoms with van der Waals surface area (Å²) < 4.78 is 23.4. The molecule has 0 unspecified atom stereocenters. The monoisotopic (exact) mass is 689 g/mol. The first-order valence-electron chi connectivity index (χ1n) is 17.0. The maximum Gasteiger partial charge on any atom is 0.323 e. The third-order valence-electron chi connectivity index (χ3n) is 8.77.